The number of anilines is 1. The van der Waals surface area contributed by atoms with Crippen LogP contribution in [0, 0.1) is 17.8 Å². The molecule has 5 aliphatic heterocycles. The van der Waals surface area contributed by atoms with Crippen LogP contribution in [0.3, 0.4) is 0 Å². The van der Waals surface area contributed by atoms with Crippen LogP contribution in [-0.2, 0) is 14.9 Å². The molecule has 2 unspecified atom stereocenters. The molecule has 8 atom stereocenters. The van der Waals surface area contributed by atoms with E-state index in [4.69, 9.17) is 9.47 Å². The summed E-state index contributed by atoms with van der Waals surface area (Å²) < 4.78 is 12.0. The highest BCUT2D eigenvalue weighted by atomic mass is 16.5. The van der Waals surface area contributed by atoms with Crippen LogP contribution in [0.15, 0.2) is 18.2 Å². The Bertz CT molecular complexity index is 780. The van der Waals surface area contributed by atoms with Gasteiger partial charge in [0.25, 0.3) is 0 Å². The Hall–Kier alpha value is -1.59. The molecule has 1 aliphatic carbocycles. The molecule has 5 fully saturated rings. The minimum absolute atomic E-state index is 0.0345. The number of carbonyl (C=O) groups is 1. The maximum atomic E-state index is 13.4. The first-order valence-electron chi connectivity index (χ1n) is 9.59. The van der Waals surface area contributed by atoms with E-state index in [-0.39, 0.29) is 18.2 Å². The van der Waals surface area contributed by atoms with Crippen molar-refractivity contribution >= 4 is 11.6 Å². The second-order valence-corrected chi connectivity index (χ2v) is 8.44. The van der Waals surface area contributed by atoms with Crippen LogP contribution in [0.25, 0.3) is 0 Å². The zero-order chi connectivity index (χ0) is 16.9. The molecule has 4 saturated heterocycles. The van der Waals surface area contributed by atoms with Crippen molar-refractivity contribution in [3.8, 4) is 5.75 Å². The van der Waals surface area contributed by atoms with Gasteiger partial charge in [-0.3, -0.25) is 9.69 Å². The molecule has 6 aliphatic rings. The van der Waals surface area contributed by atoms with Crippen molar-refractivity contribution in [3.63, 3.8) is 0 Å². The Labute approximate surface area is 147 Å². The fourth-order valence-corrected chi connectivity index (χ4v) is 6.90. The van der Waals surface area contributed by atoms with E-state index in [1.165, 1.54) is 12.8 Å². The van der Waals surface area contributed by atoms with Crippen LogP contribution >= 0.6 is 0 Å². The molecule has 1 N–H and O–H groups in total. The van der Waals surface area contributed by atoms with Gasteiger partial charge in [-0.2, -0.15) is 0 Å². The van der Waals surface area contributed by atoms with Crippen molar-refractivity contribution in [1.82, 2.24) is 4.90 Å². The van der Waals surface area contributed by atoms with Gasteiger partial charge in [0.1, 0.15) is 17.4 Å². The molecule has 5 heteroatoms. The Morgan fingerprint density at radius 3 is 3.08 bits per heavy atom. The van der Waals surface area contributed by atoms with Crippen LogP contribution < -0.4 is 10.1 Å². The number of benzene rings is 1. The van der Waals surface area contributed by atoms with E-state index in [0.717, 1.165) is 30.0 Å². The van der Waals surface area contributed by atoms with Gasteiger partial charge in [0, 0.05) is 18.3 Å². The molecule has 1 saturated carbocycles. The lowest BCUT2D eigenvalue weighted by Gasteiger charge is -2.59. The summed E-state index contributed by atoms with van der Waals surface area (Å²) >= 11 is 0. The monoisotopic (exact) mass is 340 g/mol. The second kappa shape index (κ2) is 4.57. The van der Waals surface area contributed by atoms with Gasteiger partial charge in [-0.05, 0) is 54.4 Å². The largest absolute Gasteiger partial charge is 0.497 e. The van der Waals surface area contributed by atoms with Crippen molar-refractivity contribution in [3.05, 3.63) is 23.8 Å². The highest BCUT2D eigenvalue weighted by molar-refractivity contribution is 6.07. The Morgan fingerprint density at radius 1 is 1.40 bits per heavy atom. The van der Waals surface area contributed by atoms with Gasteiger partial charge in [0.15, 0.2) is 0 Å². The van der Waals surface area contributed by atoms with Crippen LogP contribution in [-0.4, -0.2) is 42.8 Å². The van der Waals surface area contributed by atoms with Crippen molar-refractivity contribution in [2.45, 2.75) is 50.0 Å². The number of nitrogens with one attached hydrogen (secondary N) is 1. The lowest BCUT2D eigenvalue weighted by molar-refractivity contribution is -0.142. The molecule has 1 aromatic rings. The van der Waals surface area contributed by atoms with E-state index in [1.807, 2.05) is 12.1 Å². The van der Waals surface area contributed by atoms with E-state index in [2.05, 4.69) is 23.2 Å². The smallest absolute Gasteiger partial charge is 0.238 e. The maximum absolute atomic E-state index is 13.4. The average molecular weight is 340 g/mol. The predicted molar refractivity (Wildman–Crippen MR) is 92.5 cm³/mol. The van der Waals surface area contributed by atoms with Gasteiger partial charge in [-0.1, -0.05) is 13.3 Å². The van der Waals surface area contributed by atoms with Crippen LogP contribution in [0.1, 0.15) is 31.7 Å². The molecule has 1 aromatic carbocycles. The van der Waals surface area contributed by atoms with Crippen molar-refractivity contribution in [1.29, 1.82) is 0 Å². The fraction of sp³-hybridized carbons (Fsp3) is 0.650. The number of carbonyl (C=O) groups excluding carboxylic acids is 1. The predicted octanol–water partition coefficient (Wildman–Crippen LogP) is 2.36. The van der Waals surface area contributed by atoms with Crippen LogP contribution in [0.4, 0.5) is 5.69 Å². The lowest BCUT2D eigenvalue weighted by atomic mass is 9.52. The van der Waals surface area contributed by atoms with Gasteiger partial charge in [0.2, 0.25) is 5.91 Å². The third-order valence-electron chi connectivity index (χ3n) is 7.76. The van der Waals surface area contributed by atoms with Gasteiger partial charge in [0.05, 0.1) is 13.2 Å². The number of fused-ring (bicyclic) bond motifs is 5. The van der Waals surface area contributed by atoms with Crippen molar-refractivity contribution < 1.29 is 14.3 Å². The summed E-state index contributed by atoms with van der Waals surface area (Å²) in [5, 5.41) is 3.17. The molecule has 0 aromatic heterocycles. The van der Waals surface area contributed by atoms with Gasteiger partial charge in [-0.25, -0.2) is 0 Å². The third kappa shape index (κ3) is 1.48. The zero-order valence-electron chi connectivity index (χ0n) is 14.7. The summed E-state index contributed by atoms with van der Waals surface area (Å²) in [7, 11) is 1.69. The van der Waals surface area contributed by atoms with Gasteiger partial charge < -0.3 is 14.8 Å². The molecule has 7 rings (SSSR count). The molecule has 5 bridgehead atoms. The van der Waals surface area contributed by atoms with Crippen molar-refractivity contribution in [2.75, 3.05) is 19.0 Å². The van der Waals surface area contributed by atoms with E-state index in [0.29, 0.717) is 23.8 Å². The Balaban J connectivity index is 1.58. The molecule has 0 radical (unpaired) electrons. The molecule has 25 heavy (non-hydrogen) atoms. The Kier molecular flexibility index (Phi) is 2.66. The minimum Gasteiger partial charge on any atom is -0.497 e. The summed E-state index contributed by atoms with van der Waals surface area (Å²) in [6.45, 7) is 3.19. The maximum Gasteiger partial charge on any atom is 0.238 e. The number of hydrogen-bond acceptors (Lipinski definition) is 4. The molecular weight excluding hydrogens is 316 g/mol. The van der Waals surface area contributed by atoms with Crippen molar-refractivity contribution in [2.24, 2.45) is 17.8 Å². The second-order valence-electron chi connectivity index (χ2n) is 8.44. The lowest BCUT2D eigenvalue weighted by Crippen LogP contribution is -2.69. The summed E-state index contributed by atoms with van der Waals surface area (Å²) in [4.78, 5) is 16.0. The zero-order valence-corrected chi connectivity index (χ0v) is 14.7. The number of methoxy groups -OCH3 is 1. The average Bonchev–Trinajstić information content (AvgIpc) is 3.15. The first kappa shape index (κ1) is 14.6. The highest BCUT2D eigenvalue weighted by Crippen LogP contribution is 2.64. The number of ether oxygens (including phenoxy) is 2. The molecule has 5 heterocycles. The standard InChI is InChI=1S/C20H24N2O3/c1-3-10-6-11-7-14-17(10)22-9-16(25-18(11)22)20(14)13-8-12(24-2)4-5-15(13)21-19(20)23/h4-5,8,10-11,14,16-18H,3,6-7,9H2,1-2H3,(H,21,23)/t10-,11-,14+,16-,17?,18+,20-/m0/s1. The van der Waals surface area contributed by atoms with E-state index < -0.39 is 5.41 Å². The molecule has 1 amide bonds. The Morgan fingerprint density at radius 2 is 2.28 bits per heavy atom. The summed E-state index contributed by atoms with van der Waals surface area (Å²) in [6, 6.07) is 6.47. The topological polar surface area (TPSA) is 50.8 Å². The molecule has 5 nitrogen and oxygen atoms in total. The molecule has 132 valence electrons. The normalized spacial score (nSPS) is 48.1. The minimum atomic E-state index is -0.539. The summed E-state index contributed by atoms with van der Waals surface area (Å²) in [5.41, 5.74) is 1.51. The number of amides is 1. The number of rotatable bonds is 2. The van der Waals surface area contributed by atoms with E-state index >= 15 is 0 Å². The van der Waals surface area contributed by atoms with Crippen LogP contribution in [0.2, 0.25) is 0 Å². The fourth-order valence-electron chi connectivity index (χ4n) is 6.90. The number of nitrogens with zero attached hydrogens (tertiary/aromatic N) is 1. The number of hydrogen-bond donors (Lipinski definition) is 1. The number of piperidine rings is 3. The SMILES string of the molecule is CC[C@H]1C[C@H]2C[C@@H]3C1N1C[C@H](O[C@H]21)[C@@]31C(=O)Nc2ccc(OC)cc21. The third-order valence-corrected chi connectivity index (χ3v) is 7.76. The summed E-state index contributed by atoms with van der Waals surface area (Å²) in [6.07, 6.45) is 3.76. The first-order valence-corrected chi connectivity index (χ1v) is 9.59. The molecular formula is C20H24N2O3. The van der Waals surface area contributed by atoms with Gasteiger partial charge in [-0.15, -0.1) is 0 Å². The highest BCUT2D eigenvalue weighted by Gasteiger charge is 2.73. The van der Waals surface area contributed by atoms with Crippen LogP contribution in [0.5, 0.6) is 5.75 Å². The quantitative estimate of drug-likeness (QED) is 0.898. The van der Waals surface area contributed by atoms with E-state index in [9.17, 15) is 4.79 Å². The first-order chi connectivity index (χ1) is 12.2. The summed E-state index contributed by atoms with van der Waals surface area (Å²) in [5.74, 6) is 2.58. The van der Waals surface area contributed by atoms with E-state index in [1.54, 1.807) is 7.11 Å². The van der Waals surface area contributed by atoms with Gasteiger partial charge >= 0.3 is 0 Å². The molecule has 1 spiro atoms.